The topological polar surface area (TPSA) is 59.8 Å². The van der Waals surface area contributed by atoms with Crippen LogP contribution in [-0.2, 0) is 18.9 Å². The molecular weight excluding hydrogens is 438 g/mol. The fraction of sp³-hybridized carbons (Fsp3) is 0.167. The Labute approximate surface area is 170 Å². The lowest BCUT2D eigenvalue weighted by atomic mass is 10.2. The first-order valence-electron chi connectivity index (χ1n) is 8.18. The molecule has 0 unspecified atom stereocenters. The van der Waals surface area contributed by atoms with Crippen LogP contribution < -0.4 is 10.9 Å². The van der Waals surface area contributed by atoms with Crippen LogP contribution in [0.2, 0.25) is 5.02 Å². The minimum atomic E-state index is -4.92. The van der Waals surface area contributed by atoms with Crippen molar-refractivity contribution in [2.75, 3.05) is 5.32 Å². The normalized spacial score (nSPS) is 12.1. The number of alkyl halides is 6. The summed E-state index contributed by atoms with van der Waals surface area (Å²) in [6, 6.07) is 9.20. The summed E-state index contributed by atoms with van der Waals surface area (Å²) < 4.78 is 78.5. The van der Waals surface area contributed by atoms with Gasteiger partial charge in [0.2, 0.25) is 5.95 Å². The molecule has 0 aliphatic rings. The number of anilines is 2. The van der Waals surface area contributed by atoms with Gasteiger partial charge in [-0.05, 0) is 11.6 Å². The highest BCUT2D eigenvalue weighted by atomic mass is 35.5. The molecule has 0 fully saturated rings. The summed E-state index contributed by atoms with van der Waals surface area (Å²) in [6.07, 6.45) is -9.17. The number of hydrogen-bond acceptors (Lipinski definition) is 4. The third-order valence-corrected chi connectivity index (χ3v) is 4.17. The van der Waals surface area contributed by atoms with Gasteiger partial charge < -0.3 is 5.32 Å². The van der Waals surface area contributed by atoms with Crippen LogP contribution in [0.4, 0.5) is 38.1 Å². The SMILES string of the molecule is O=c1cc(C(F)(F)F)nc(Nc2ncc(C(F)(F)F)cc2Cl)n1Cc1ccccc1. The van der Waals surface area contributed by atoms with Crippen molar-refractivity contribution >= 4 is 23.4 Å². The molecule has 0 saturated heterocycles. The summed E-state index contributed by atoms with van der Waals surface area (Å²) >= 11 is 5.80. The number of rotatable bonds is 4. The van der Waals surface area contributed by atoms with E-state index in [-0.39, 0.29) is 6.54 Å². The van der Waals surface area contributed by atoms with Crippen molar-refractivity contribution in [3.8, 4) is 0 Å². The van der Waals surface area contributed by atoms with Gasteiger partial charge in [0, 0.05) is 12.3 Å². The monoisotopic (exact) mass is 448 g/mol. The predicted octanol–water partition coefficient (Wildman–Crippen LogP) is 5.12. The molecule has 5 nitrogen and oxygen atoms in total. The van der Waals surface area contributed by atoms with Crippen LogP contribution in [0.1, 0.15) is 16.8 Å². The number of halogens is 7. The second-order valence-electron chi connectivity index (χ2n) is 6.05. The molecule has 0 saturated carbocycles. The highest BCUT2D eigenvalue weighted by Crippen LogP contribution is 2.33. The molecular formula is C18H11ClF6N4O. The largest absolute Gasteiger partial charge is 0.433 e. The van der Waals surface area contributed by atoms with E-state index in [1.807, 2.05) is 0 Å². The molecule has 30 heavy (non-hydrogen) atoms. The number of benzene rings is 1. The van der Waals surface area contributed by atoms with Gasteiger partial charge in [0.25, 0.3) is 5.56 Å². The molecule has 0 bridgehead atoms. The zero-order valence-electron chi connectivity index (χ0n) is 14.7. The average molecular weight is 449 g/mol. The smallest absolute Gasteiger partial charge is 0.309 e. The molecule has 2 aromatic heterocycles. The Hall–Kier alpha value is -3.08. The van der Waals surface area contributed by atoms with E-state index in [1.54, 1.807) is 30.3 Å². The molecule has 0 spiro atoms. The van der Waals surface area contributed by atoms with Crippen molar-refractivity contribution in [1.29, 1.82) is 0 Å². The third kappa shape index (κ3) is 4.90. The molecule has 0 atom stereocenters. The molecule has 3 aromatic rings. The van der Waals surface area contributed by atoms with Crippen molar-refractivity contribution in [3.63, 3.8) is 0 Å². The van der Waals surface area contributed by atoms with Crippen LogP contribution in [0.3, 0.4) is 0 Å². The Bertz CT molecular complexity index is 1110. The van der Waals surface area contributed by atoms with Gasteiger partial charge in [-0.3, -0.25) is 9.36 Å². The number of aromatic nitrogens is 3. The van der Waals surface area contributed by atoms with E-state index in [9.17, 15) is 31.1 Å². The van der Waals surface area contributed by atoms with Gasteiger partial charge >= 0.3 is 12.4 Å². The zero-order chi connectivity index (χ0) is 22.1. The van der Waals surface area contributed by atoms with Crippen LogP contribution in [0, 0.1) is 0 Å². The zero-order valence-corrected chi connectivity index (χ0v) is 15.5. The maximum atomic E-state index is 13.1. The Kier molecular flexibility index (Phi) is 5.75. The first kappa shape index (κ1) is 21.6. The van der Waals surface area contributed by atoms with E-state index in [0.29, 0.717) is 23.9 Å². The minimum Gasteiger partial charge on any atom is -0.309 e. The van der Waals surface area contributed by atoms with Gasteiger partial charge in [0.05, 0.1) is 17.1 Å². The van der Waals surface area contributed by atoms with Gasteiger partial charge in [-0.15, -0.1) is 0 Å². The van der Waals surface area contributed by atoms with Crippen LogP contribution in [0.15, 0.2) is 53.5 Å². The summed E-state index contributed by atoms with van der Waals surface area (Å²) in [5, 5.41) is 1.82. The van der Waals surface area contributed by atoms with Crippen LogP contribution in [0.5, 0.6) is 0 Å². The van der Waals surface area contributed by atoms with E-state index in [4.69, 9.17) is 11.6 Å². The van der Waals surface area contributed by atoms with Crippen molar-refractivity contribution in [2.24, 2.45) is 0 Å². The molecule has 0 aliphatic heterocycles. The molecule has 3 rings (SSSR count). The molecule has 0 aliphatic carbocycles. The first-order valence-corrected chi connectivity index (χ1v) is 8.56. The van der Waals surface area contributed by atoms with E-state index >= 15 is 0 Å². The Balaban J connectivity index is 2.07. The van der Waals surface area contributed by atoms with Gasteiger partial charge in [0.1, 0.15) is 0 Å². The Morgan fingerprint density at radius 1 is 1.00 bits per heavy atom. The van der Waals surface area contributed by atoms with E-state index in [0.717, 1.165) is 4.57 Å². The summed E-state index contributed by atoms with van der Waals surface area (Å²) in [7, 11) is 0. The van der Waals surface area contributed by atoms with Gasteiger partial charge in [0.15, 0.2) is 11.5 Å². The fourth-order valence-corrected chi connectivity index (χ4v) is 2.67. The average Bonchev–Trinajstić information content (AvgIpc) is 2.65. The van der Waals surface area contributed by atoms with Crippen molar-refractivity contribution in [1.82, 2.24) is 14.5 Å². The predicted molar refractivity (Wildman–Crippen MR) is 96.6 cm³/mol. The van der Waals surface area contributed by atoms with Crippen molar-refractivity contribution in [2.45, 2.75) is 18.9 Å². The first-order chi connectivity index (χ1) is 13.9. The molecule has 0 radical (unpaired) electrons. The quantitative estimate of drug-likeness (QED) is 0.563. The van der Waals surface area contributed by atoms with Crippen molar-refractivity contribution in [3.05, 3.63) is 80.9 Å². The van der Waals surface area contributed by atoms with Crippen LogP contribution >= 0.6 is 11.6 Å². The maximum absolute atomic E-state index is 13.1. The van der Waals surface area contributed by atoms with E-state index in [1.165, 1.54) is 0 Å². The van der Waals surface area contributed by atoms with Crippen LogP contribution in [-0.4, -0.2) is 14.5 Å². The second-order valence-corrected chi connectivity index (χ2v) is 6.46. The standard InChI is InChI=1S/C18H11ClF6N4O/c19-12-6-11(17(20,21)22)8-26-15(12)28-16-27-13(18(23,24)25)7-14(30)29(16)9-10-4-2-1-3-5-10/h1-8H,9H2,(H,26,27,28). The lowest BCUT2D eigenvalue weighted by molar-refractivity contribution is -0.141. The molecule has 158 valence electrons. The number of pyridine rings is 1. The van der Waals surface area contributed by atoms with E-state index in [2.05, 4.69) is 15.3 Å². The van der Waals surface area contributed by atoms with Gasteiger partial charge in [-0.25, -0.2) is 9.97 Å². The molecule has 1 aromatic carbocycles. The highest BCUT2D eigenvalue weighted by molar-refractivity contribution is 6.33. The number of nitrogens with zero attached hydrogens (tertiary/aromatic N) is 3. The maximum Gasteiger partial charge on any atom is 0.433 e. The minimum absolute atomic E-state index is 0.147. The van der Waals surface area contributed by atoms with Gasteiger partial charge in [-0.1, -0.05) is 41.9 Å². The summed E-state index contributed by atoms with van der Waals surface area (Å²) in [4.78, 5) is 19.3. The Morgan fingerprint density at radius 3 is 2.23 bits per heavy atom. The lowest BCUT2D eigenvalue weighted by Crippen LogP contribution is -2.27. The van der Waals surface area contributed by atoms with Crippen LogP contribution in [0.25, 0.3) is 0 Å². The van der Waals surface area contributed by atoms with E-state index < -0.39 is 46.0 Å². The number of hydrogen-bond donors (Lipinski definition) is 1. The third-order valence-electron chi connectivity index (χ3n) is 3.88. The Morgan fingerprint density at radius 2 is 1.67 bits per heavy atom. The summed E-state index contributed by atoms with van der Waals surface area (Å²) in [6.45, 7) is -0.147. The van der Waals surface area contributed by atoms with Gasteiger partial charge in [-0.2, -0.15) is 26.3 Å². The van der Waals surface area contributed by atoms with Crippen molar-refractivity contribution < 1.29 is 26.3 Å². The molecule has 12 heteroatoms. The summed E-state index contributed by atoms with van der Waals surface area (Å²) in [5.74, 6) is -0.967. The summed E-state index contributed by atoms with van der Waals surface area (Å²) in [5.41, 5.74) is -3.05. The fourth-order valence-electron chi connectivity index (χ4n) is 2.46. The second kappa shape index (κ2) is 7.98. The molecule has 2 heterocycles. The highest BCUT2D eigenvalue weighted by Gasteiger charge is 2.35. The molecule has 0 amide bonds. The molecule has 1 N–H and O–H groups in total. The number of nitrogens with one attached hydrogen (secondary N) is 1. The lowest BCUT2D eigenvalue weighted by Gasteiger charge is -2.16.